The summed E-state index contributed by atoms with van der Waals surface area (Å²) >= 11 is 4.65. The summed E-state index contributed by atoms with van der Waals surface area (Å²) in [5.74, 6) is 2.09. The number of thiophene rings is 1. The first kappa shape index (κ1) is 22.3. The number of thiazole rings is 1. The molecule has 2 aromatic carbocycles. The van der Waals surface area contributed by atoms with Gasteiger partial charge in [-0.2, -0.15) is 0 Å². The molecule has 34 heavy (non-hydrogen) atoms. The fourth-order valence-electron chi connectivity index (χ4n) is 3.33. The van der Waals surface area contributed by atoms with Gasteiger partial charge in [-0.3, -0.25) is 14.7 Å². The topological polar surface area (TPSA) is 96.0 Å². The Balaban J connectivity index is 1.42. The van der Waals surface area contributed by atoms with Gasteiger partial charge in [0.25, 0.3) is 5.69 Å². The number of hydrogen-bond donors (Lipinski definition) is 0. The van der Waals surface area contributed by atoms with Crippen molar-refractivity contribution in [3.05, 3.63) is 87.2 Å². The second-order valence-electron chi connectivity index (χ2n) is 7.03. The monoisotopic (exact) mass is 507 g/mol. The van der Waals surface area contributed by atoms with Gasteiger partial charge in [-0.25, -0.2) is 4.98 Å². The van der Waals surface area contributed by atoms with Gasteiger partial charge < -0.3 is 4.74 Å². The van der Waals surface area contributed by atoms with Gasteiger partial charge in [-0.15, -0.1) is 32.9 Å². The van der Waals surface area contributed by atoms with Crippen LogP contribution in [0.3, 0.4) is 0 Å². The van der Waals surface area contributed by atoms with Gasteiger partial charge in [0, 0.05) is 28.8 Å². The van der Waals surface area contributed by atoms with E-state index >= 15 is 0 Å². The van der Waals surface area contributed by atoms with E-state index in [0.717, 1.165) is 43.6 Å². The zero-order chi connectivity index (χ0) is 23.5. The fraction of sp³-hybridized carbons (Fsp3) is 0.0870. The fourth-order valence-corrected chi connectivity index (χ4v) is 5.80. The number of nitro benzene ring substituents is 1. The summed E-state index contributed by atoms with van der Waals surface area (Å²) in [4.78, 5) is 16.2. The second-order valence-corrected chi connectivity index (χ2v) is 9.78. The average Bonchev–Trinajstić information content (AvgIpc) is 3.63. The van der Waals surface area contributed by atoms with Gasteiger partial charge in [0.1, 0.15) is 10.8 Å². The third kappa shape index (κ3) is 4.45. The molecule has 5 rings (SSSR count). The van der Waals surface area contributed by atoms with Crippen molar-refractivity contribution in [2.75, 3.05) is 7.11 Å². The molecule has 0 aliphatic carbocycles. The van der Waals surface area contributed by atoms with Crippen LogP contribution in [0.5, 0.6) is 5.75 Å². The van der Waals surface area contributed by atoms with E-state index < -0.39 is 4.92 Å². The lowest BCUT2D eigenvalue weighted by Crippen LogP contribution is -2.01. The van der Waals surface area contributed by atoms with Crippen molar-refractivity contribution in [2.24, 2.45) is 0 Å². The predicted molar refractivity (Wildman–Crippen MR) is 135 cm³/mol. The smallest absolute Gasteiger partial charge is 0.269 e. The molecule has 0 unspecified atom stereocenters. The summed E-state index contributed by atoms with van der Waals surface area (Å²) < 4.78 is 7.61. The quantitative estimate of drug-likeness (QED) is 0.138. The highest BCUT2D eigenvalue weighted by Gasteiger charge is 2.20. The lowest BCUT2D eigenvalue weighted by molar-refractivity contribution is -0.384. The number of benzene rings is 2. The van der Waals surface area contributed by atoms with Crippen LogP contribution in [0.15, 0.2) is 76.6 Å². The first-order valence-corrected chi connectivity index (χ1v) is 12.8. The van der Waals surface area contributed by atoms with Crippen LogP contribution in [0.4, 0.5) is 5.69 Å². The first-order valence-electron chi connectivity index (χ1n) is 10.1. The minimum Gasteiger partial charge on any atom is -0.495 e. The SMILES string of the molecule is COc1ccccc1-n1c(SCc2csc(-c3ccc([N+](=O)[O-])cc3)n2)nnc1-c1cccs1. The van der Waals surface area contributed by atoms with E-state index in [4.69, 9.17) is 9.72 Å². The molecule has 11 heteroatoms. The van der Waals surface area contributed by atoms with E-state index in [2.05, 4.69) is 10.2 Å². The number of nitro groups is 1. The molecule has 0 amide bonds. The molecule has 170 valence electrons. The number of aromatic nitrogens is 4. The highest BCUT2D eigenvalue weighted by atomic mass is 32.2. The molecule has 0 fully saturated rings. The molecule has 0 radical (unpaired) electrons. The number of non-ortho nitro benzene ring substituents is 1. The van der Waals surface area contributed by atoms with Gasteiger partial charge in [0.15, 0.2) is 11.0 Å². The Hall–Kier alpha value is -3.54. The maximum atomic E-state index is 10.9. The minimum atomic E-state index is -0.407. The molecule has 0 saturated carbocycles. The summed E-state index contributed by atoms with van der Waals surface area (Å²) in [6, 6.07) is 18.2. The largest absolute Gasteiger partial charge is 0.495 e. The summed E-state index contributed by atoms with van der Waals surface area (Å²) in [5, 5.41) is 25.4. The maximum absolute atomic E-state index is 10.9. The zero-order valence-electron chi connectivity index (χ0n) is 17.8. The van der Waals surface area contributed by atoms with E-state index in [9.17, 15) is 10.1 Å². The van der Waals surface area contributed by atoms with Gasteiger partial charge in [-0.05, 0) is 35.7 Å². The normalized spacial score (nSPS) is 11.0. The number of hydrogen-bond acceptors (Lipinski definition) is 9. The maximum Gasteiger partial charge on any atom is 0.269 e. The van der Waals surface area contributed by atoms with E-state index in [1.165, 1.54) is 23.5 Å². The average molecular weight is 508 g/mol. The number of rotatable bonds is 8. The second kappa shape index (κ2) is 9.75. The van der Waals surface area contributed by atoms with E-state index in [1.807, 2.05) is 51.7 Å². The van der Waals surface area contributed by atoms with Crippen LogP contribution in [-0.2, 0) is 5.75 Å². The van der Waals surface area contributed by atoms with Gasteiger partial charge in [-0.1, -0.05) is 30.0 Å². The van der Waals surface area contributed by atoms with Crippen molar-refractivity contribution in [3.8, 4) is 32.7 Å². The molecular weight excluding hydrogens is 490 g/mol. The molecule has 0 aliphatic heterocycles. The molecule has 0 aliphatic rings. The van der Waals surface area contributed by atoms with Crippen LogP contribution in [0, 0.1) is 10.1 Å². The number of nitrogens with zero attached hydrogens (tertiary/aromatic N) is 5. The molecule has 0 saturated heterocycles. The molecule has 5 aromatic rings. The van der Waals surface area contributed by atoms with Gasteiger partial charge in [0.2, 0.25) is 0 Å². The molecule has 3 heterocycles. The zero-order valence-corrected chi connectivity index (χ0v) is 20.3. The molecule has 0 atom stereocenters. The number of para-hydroxylation sites is 2. The van der Waals surface area contributed by atoms with Crippen LogP contribution in [-0.4, -0.2) is 31.8 Å². The van der Waals surface area contributed by atoms with Crippen molar-refractivity contribution in [1.82, 2.24) is 19.7 Å². The standard InChI is InChI=1S/C23H17N5O3S3/c1-31-19-6-3-2-5-18(19)27-21(20-7-4-12-32-20)25-26-23(27)34-14-16-13-33-22(24-16)15-8-10-17(11-9-15)28(29)30/h2-13H,14H2,1H3. The molecule has 0 N–H and O–H groups in total. The number of methoxy groups -OCH3 is 1. The molecule has 3 aromatic heterocycles. The number of ether oxygens (including phenoxy) is 1. The molecule has 0 spiro atoms. The van der Waals surface area contributed by atoms with Crippen LogP contribution >= 0.6 is 34.4 Å². The van der Waals surface area contributed by atoms with Crippen LogP contribution in [0.2, 0.25) is 0 Å². The van der Waals surface area contributed by atoms with Crippen molar-refractivity contribution in [2.45, 2.75) is 10.9 Å². The van der Waals surface area contributed by atoms with Crippen molar-refractivity contribution in [3.63, 3.8) is 0 Å². The van der Waals surface area contributed by atoms with Crippen LogP contribution in [0.1, 0.15) is 5.69 Å². The highest BCUT2D eigenvalue weighted by Crippen LogP contribution is 2.35. The van der Waals surface area contributed by atoms with Crippen molar-refractivity contribution in [1.29, 1.82) is 0 Å². The molecule has 0 bridgehead atoms. The Bertz CT molecular complexity index is 1430. The summed E-state index contributed by atoms with van der Waals surface area (Å²) in [6.07, 6.45) is 0. The predicted octanol–water partition coefficient (Wildman–Crippen LogP) is 6.33. The minimum absolute atomic E-state index is 0.0632. The van der Waals surface area contributed by atoms with Crippen LogP contribution in [0.25, 0.3) is 27.0 Å². The van der Waals surface area contributed by atoms with Crippen LogP contribution < -0.4 is 4.74 Å². The Labute approximate surface area is 207 Å². The summed E-state index contributed by atoms with van der Waals surface area (Å²) in [5.41, 5.74) is 2.68. The Morgan fingerprint density at radius 1 is 1.06 bits per heavy atom. The van der Waals surface area contributed by atoms with Gasteiger partial charge in [0.05, 0.1) is 28.3 Å². The lowest BCUT2D eigenvalue weighted by Gasteiger charge is -2.13. The number of thioether (sulfide) groups is 1. The first-order chi connectivity index (χ1) is 16.6. The van der Waals surface area contributed by atoms with Crippen molar-refractivity contribution < 1.29 is 9.66 Å². The van der Waals surface area contributed by atoms with Gasteiger partial charge >= 0.3 is 0 Å². The summed E-state index contributed by atoms with van der Waals surface area (Å²) in [7, 11) is 1.65. The van der Waals surface area contributed by atoms with Crippen molar-refractivity contribution >= 4 is 40.1 Å². The van der Waals surface area contributed by atoms with E-state index in [-0.39, 0.29) is 5.69 Å². The Kier molecular flexibility index (Phi) is 6.39. The third-order valence-electron chi connectivity index (χ3n) is 4.93. The Morgan fingerprint density at radius 3 is 2.62 bits per heavy atom. The molecule has 8 nitrogen and oxygen atoms in total. The third-order valence-corrected chi connectivity index (χ3v) is 7.70. The highest BCUT2D eigenvalue weighted by molar-refractivity contribution is 7.98. The Morgan fingerprint density at radius 2 is 1.88 bits per heavy atom. The summed E-state index contributed by atoms with van der Waals surface area (Å²) in [6.45, 7) is 0. The molecular formula is C23H17N5O3S3. The van der Waals surface area contributed by atoms with E-state index in [0.29, 0.717) is 5.75 Å². The lowest BCUT2D eigenvalue weighted by atomic mass is 10.2. The van der Waals surface area contributed by atoms with E-state index in [1.54, 1.807) is 42.3 Å².